The Kier molecular flexibility index (Phi) is 5.49. The first-order valence-corrected chi connectivity index (χ1v) is 7.88. The summed E-state index contributed by atoms with van der Waals surface area (Å²) in [6.45, 7) is 4.21. The zero-order valence-electron chi connectivity index (χ0n) is 11.7. The van der Waals surface area contributed by atoms with Gasteiger partial charge in [-0.05, 0) is 43.2 Å². The van der Waals surface area contributed by atoms with E-state index in [4.69, 9.17) is 17.4 Å². The maximum atomic E-state index is 6.00. The third-order valence-corrected chi connectivity index (χ3v) is 4.55. The molecule has 0 saturated heterocycles. The zero-order valence-corrected chi connectivity index (χ0v) is 13.3. The molecule has 2 aromatic rings. The van der Waals surface area contributed by atoms with Crippen LogP contribution in [-0.2, 0) is 0 Å². The Balaban J connectivity index is 2.11. The van der Waals surface area contributed by atoms with Crippen LogP contribution >= 0.6 is 23.4 Å². The van der Waals surface area contributed by atoms with Crippen molar-refractivity contribution in [3.63, 3.8) is 0 Å². The number of hydrogen-bond donors (Lipinski definition) is 2. The number of aryl methyl sites for hydroxylation is 2. The molecule has 2 nitrogen and oxygen atoms in total. The van der Waals surface area contributed by atoms with Crippen molar-refractivity contribution in [3.8, 4) is 0 Å². The number of benzene rings is 2. The summed E-state index contributed by atoms with van der Waals surface area (Å²) in [6.07, 6.45) is 0. The second kappa shape index (κ2) is 7.14. The third-order valence-electron chi connectivity index (χ3n) is 3.22. The molecule has 1 atom stereocenters. The lowest BCUT2D eigenvalue weighted by Crippen LogP contribution is -2.30. The number of nitrogens with one attached hydrogen (secondary N) is 1. The molecule has 0 radical (unpaired) electrons. The summed E-state index contributed by atoms with van der Waals surface area (Å²) >= 11 is 7.75. The van der Waals surface area contributed by atoms with Crippen molar-refractivity contribution in [1.82, 2.24) is 5.43 Å². The normalized spacial score (nSPS) is 12.4. The van der Waals surface area contributed by atoms with E-state index in [-0.39, 0.29) is 6.04 Å². The Hall–Kier alpha value is -1.00. The first-order chi connectivity index (χ1) is 9.60. The molecule has 0 saturated carbocycles. The molecule has 0 aliphatic rings. The fourth-order valence-electron chi connectivity index (χ4n) is 2.10. The lowest BCUT2D eigenvalue weighted by Gasteiger charge is -2.19. The van der Waals surface area contributed by atoms with Crippen LogP contribution in [0.1, 0.15) is 22.7 Å². The molecule has 2 aromatic carbocycles. The van der Waals surface area contributed by atoms with Gasteiger partial charge in [-0.25, -0.2) is 0 Å². The van der Waals surface area contributed by atoms with Crippen LogP contribution < -0.4 is 11.3 Å². The van der Waals surface area contributed by atoms with Crippen molar-refractivity contribution in [2.75, 3.05) is 5.75 Å². The summed E-state index contributed by atoms with van der Waals surface area (Å²) in [5.41, 5.74) is 6.67. The number of nitrogens with two attached hydrogens (primary N) is 1. The van der Waals surface area contributed by atoms with Gasteiger partial charge in [0.1, 0.15) is 0 Å². The molecule has 4 heteroatoms. The Morgan fingerprint density at radius 1 is 1.20 bits per heavy atom. The molecule has 0 heterocycles. The van der Waals surface area contributed by atoms with E-state index >= 15 is 0 Å². The van der Waals surface area contributed by atoms with Gasteiger partial charge in [0.15, 0.2) is 0 Å². The highest BCUT2D eigenvalue weighted by Gasteiger charge is 2.13. The van der Waals surface area contributed by atoms with Gasteiger partial charge in [-0.15, -0.1) is 11.8 Å². The van der Waals surface area contributed by atoms with Crippen LogP contribution in [0.25, 0.3) is 0 Å². The number of hydrazine groups is 1. The van der Waals surface area contributed by atoms with E-state index in [0.29, 0.717) is 0 Å². The second-order valence-electron chi connectivity index (χ2n) is 4.85. The first kappa shape index (κ1) is 15.4. The van der Waals surface area contributed by atoms with Crippen molar-refractivity contribution in [1.29, 1.82) is 0 Å². The fourth-order valence-corrected chi connectivity index (χ4v) is 3.37. The Labute approximate surface area is 129 Å². The lowest BCUT2D eigenvalue weighted by molar-refractivity contribution is 0.607. The largest absolute Gasteiger partial charge is 0.271 e. The van der Waals surface area contributed by atoms with Gasteiger partial charge in [0, 0.05) is 15.7 Å². The molecule has 20 heavy (non-hydrogen) atoms. The van der Waals surface area contributed by atoms with Gasteiger partial charge in [0.25, 0.3) is 0 Å². The highest BCUT2D eigenvalue weighted by atomic mass is 35.5. The van der Waals surface area contributed by atoms with Crippen LogP contribution in [0.3, 0.4) is 0 Å². The van der Waals surface area contributed by atoms with Crippen LogP contribution in [0.4, 0.5) is 0 Å². The Morgan fingerprint density at radius 2 is 2.00 bits per heavy atom. The predicted octanol–water partition coefficient (Wildman–Crippen LogP) is 4.25. The van der Waals surface area contributed by atoms with Gasteiger partial charge in [-0.3, -0.25) is 11.3 Å². The van der Waals surface area contributed by atoms with Crippen LogP contribution in [-0.4, -0.2) is 5.75 Å². The minimum absolute atomic E-state index is 0.124. The summed E-state index contributed by atoms with van der Waals surface area (Å²) in [7, 11) is 0. The molecule has 0 aromatic heterocycles. The van der Waals surface area contributed by atoms with E-state index in [9.17, 15) is 0 Å². The number of thioether (sulfide) groups is 1. The molecule has 0 bridgehead atoms. The number of hydrogen-bond acceptors (Lipinski definition) is 3. The van der Waals surface area contributed by atoms with Gasteiger partial charge < -0.3 is 0 Å². The van der Waals surface area contributed by atoms with Crippen molar-refractivity contribution in [3.05, 3.63) is 64.2 Å². The topological polar surface area (TPSA) is 38.0 Å². The SMILES string of the molecule is Cc1ccc(C)c(C(CSc2cccc(Cl)c2)NN)c1. The molecule has 1 unspecified atom stereocenters. The van der Waals surface area contributed by atoms with Gasteiger partial charge in [-0.1, -0.05) is 41.4 Å². The number of rotatable bonds is 5. The third kappa shape index (κ3) is 4.00. The molecule has 0 aliphatic heterocycles. The number of halogens is 1. The molecule has 106 valence electrons. The summed E-state index contributed by atoms with van der Waals surface area (Å²) in [5, 5.41) is 0.763. The van der Waals surface area contributed by atoms with Gasteiger partial charge in [0.05, 0.1) is 6.04 Å². The van der Waals surface area contributed by atoms with E-state index in [0.717, 1.165) is 15.7 Å². The average Bonchev–Trinajstić information content (AvgIpc) is 2.43. The average molecular weight is 307 g/mol. The van der Waals surface area contributed by atoms with Gasteiger partial charge in [-0.2, -0.15) is 0 Å². The first-order valence-electron chi connectivity index (χ1n) is 6.52. The summed E-state index contributed by atoms with van der Waals surface area (Å²) in [4.78, 5) is 1.16. The molecular formula is C16H19ClN2S. The summed E-state index contributed by atoms with van der Waals surface area (Å²) in [5.74, 6) is 6.59. The maximum absolute atomic E-state index is 6.00. The molecule has 3 N–H and O–H groups in total. The summed E-state index contributed by atoms with van der Waals surface area (Å²) < 4.78 is 0. The Morgan fingerprint density at radius 3 is 2.70 bits per heavy atom. The molecule has 0 amide bonds. The zero-order chi connectivity index (χ0) is 14.5. The highest BCUT2D eigenvalue weighted by Crippen LogP contribution is 2.28. The monoisotopic (exact) mass is 306 g/mol. The molecule has 0 aliphatic carbocycles. The van der Waals surface area contributed by atoms with Crippen molar-refractivity contribution in [2.45, 2.75) is 24.8 Å². The van der Waals surface area contributed by atoms with E-state index in [1.54, 1.807) is 11.8 Å². The molecular weight excluding hydrogens is 288 g/mol. The summed E-state index contributed by atoms with van der Waals surface area (Å²) in [6, 6.07) is 14.5. The highest BCUT2D eigenvalue weighted by molar-refractivity contribution is 7.99. The van der Waals surface area contributed by atoms with E-state index in [1.165, 1.54) is 16.7 Å². The quantitative estimate of drug-likeness (QED) is 0.492. The van der Waals surface area contributed by atoms with Crippen LogP contribution in [0, 0.1) is 13.8 Å². The standard InChI is InChI=1S/C16H19ClN2S/c1-11-6-7-12(2)15(8-11)16(19-18)10-20-14-5-3-4-13(17)9-14/h3-9,16,19H,10,18H2,1-2H3. The molecule has 0 fully saturated rings. The Bertz CT molecular complexity index is 586. The minimum Gasteiger partial charge on any atom is -0.271 e. The van der Waals surface area contributed by atoms with Crippen molar-refractivity contribution >= 4 is 23.4 Å². The minimum atomic E-state index is 0.124. The van der Waals surface area contributed by atoms with Crippen LogP contribution in [0.15, 0.2) is 47.4 Å². The predicted molar refractivity (Wildman–Crippen MR) is 88.2 cm³/mol. The van der Waals surface area contributed by atoms with E-state index in [2.05, 4.69) is 43.5 Å². The van der Waals surface area contributed by atoms with E-state index < -0.39 is 0 Å². The fraction of sp³-hybridized carbons (Fsp3) is 0.250. The van der Waals surface area contributed by atoms with Crippen LogP contribution in [0.2, 0.25) is 5.02 Å². The van der Waals surface area contributed by atoms with Crippen molar-refractivity contribution in [2.24, 2.45) is 5.84 Å². The van der Waals surface area contributed by atoms with Gasteiger partial charge >= 0.3 is 0 Å². The van der Waals surface area contributed by atoms with Crippen LogP contribution in [0.5, 0.6) is 0 Å². The van der Waals surface area contributed by atoms with Gasteiger partial charge in [0.2, 0.25) is 0 Å². The van der Waals surface area contributed by atoms with Crippen molar-refractivity contribution < 1.29 is 0 Å². The second-order valence-corrected chi connectivity index (χ2v) is 6.38. The maximum Gasteiger partial charge on any atom is 0.0556 e. The molecule has 0 spiro atoms. The van der Waals surface area contributed by atoms with E-state index in [1.807, 2.05) is 18.2 Å². The smallest absolute Gasteiger partial charge is 0.0556 e. The lowest BCUT2D eigenvalue weighted by atomic mass is 10.0. The molecule has 2 rings (SSSR count).